The summed E-state index contributed by atoms with van der Waals surface area (Å²) in [6.45, 7) is 3.78. The van der Waals surface area contributed by atoms with E-state index in [0.29, 0.717) is 12.6 Å². The fraction of sp³-hybridized carbons (Fsp3) is 0.450. The number of benzene rings is 1. The monoisotopic (exact) mass is 512 g/mol. The number of amides is 1. The molecule has 1 saturated heterocycles. The van der Waals surface area contributed by atoms with Gasteiger partial charge in [-0.05, 0) is 43.2 Å². The lowest BCUT2D eigenvalue weighted by molar-refractivity contribution is -0.129. The number of nitrogens with one attached hydrogen (secondary N) is 2. The standard InChI is InChI=1S/C20H28N6O2.HI/c1-15(27)25-11-8-16(9-12-25)23-20(21-2)22-14-17-10-13-26(24-17)18-4-6-19(28-3)7-5-18;/h4-7,10,13,16H,8-9,11-12,14H2,1-3H3,(H2,21,22,23);1H. The zero-order valence-corrected chi connectivity index (χ0v) is 19.4. The largest absolute Gasteiger partial charge is 0.497 e. The van der Waals surface area contributed by atoms with Crippen molar-refractivity contribution < 1.29 is 9.53 Å². The van der Waals surface area contributed by atoms with Crippen LogP contribution in [0.25, 0.3) is 5.69 Å². The summed E-state index contributed by atoms with van der Waals surface area (Å²) in [5, 5.41) is 11.4. The first-order chi connectivity index (χ1) is 13.6. The highest BCUT2D eigenvalue weighted by atomic mass is 127. The molecule has 3 rings (SSSR count). The molecule has 2 aromatic rings. The second-order valence-corrected chi connectivity index (χ2v) is 6.80. The lowest BCUT2D eigenvalue weighted by Gasteiger charge is -2.32. The molecule has 0 aliphatic carbocycles. The van der Waals surface area contributed by atoms with E-state index in [9.17, 15) is 4.79 Å². The van der Waals surface area contributed by atoms with Gasteiger partial charge in [0.05, 0.1) is 25.0 Å². The number of methoxy groups -OCH3 is 1. The average Bonchev–Trinajstić information content (AvgIpc) is 3.20. The minimum atomic E-state index is 0. The summed E-state index contributed by atoms with van der Waals surface area (Å²) in [6, 6.07) is 10.1. The first-order valence-electron chi connectivity index (χ1n) is 9.50. The maximum Gasteiger partial charge on any atom is 0.219 e. The van der Waals surface area contributed by atoms with Gasteiger partial charge in [0, 0.05) is 39.3 Å². The molecule has 8 nitrogen and oxygen atoms in total. The van der Waals surface area contributed by atoms with Crippen molar-refractivity contribution in [2.24, 2.45) is 4.99 Å². The van der Waals surface area contributed by atoms with E-state index < -0.39 is 0 Å². The van der Waals surface area contributed by atoms with Crippen LogP contribution in [0.5, 0.6) is 5.75 Å². The van der Waals surface area contributed by atoms with Gasteiger partial charge in [-0.3, -0.25) is 9.79 Å². The maximum absolute atomic E-state index is 11.4. The van der Waals surface area contributed by atoms with Crippen molar-refractivity contribution in [1.29, 1.82) is 0 Å². The predicted molar refractivity (Wildman–Crippen MR) is 124 cm³/mol. The number of rotatable bonds is 5. The van der Waals surface area contributed by atoms with Gasteiger partial charge in [-0.25, -0.2) is 4.68 Å². The van der Waals surface area contributed by atoms with Crippen LogP contribution in [0.4, 0.5) is 0 Å². The number of halogens is 1. The van der Waals surface area contributed by atoms with E-state index in [2.05, 4.69) is 20.7 Å². The molecule has 1 fully saturated rings. The van der Waals surface area contributed by atoms with E-state index >= 15 is 0 Å². The van der Waals surface area contributed by atoms with Gasteiger partial charge in [-0.15, -0.1) is 24.0 Å². The molecule has 2 heterocycles. The van der Waals surface area contributed by atoms with Gasteiger partial charge in [-0.2, -0.15) is 5.10 Å². The number of ether oxygens (including phenoxy) is 1. The smallest absolute Gasteiger partial charge is 0.219 e. The molecule has 9 heteroatoms. The molecule has 0 saturated carbocycles. The van der Waals surface area contributed by atoms with Crippen molar-refractivity contribution in [2.75, 3.05) is 27.2 Å². The highest BCUT2D eigenvalue weighted by Gasteiger charge is 2.21. The highest BCUT2D eigenvalue weighted by Crippen LogP contribution is 2.14. The van der Waals surface area contributed by atoms with E-state index in [0.717, 1.165) is 49.0 Å². The quantitative estimate of drug-likeness (QED) is 0.365. The van der Waals surface area contributed by atoms with Gasteiger partial charge in [0.25, 0.3) is 0 Å². The molecule has 0 radical (unpaired) electrons. The Bertz CT molecular complexity index is 813. The SMILES string of the molecule is CN=C(NCc1ccn(-c2ccc(OC)cc2)n1)NC1CCN(C(C)=O)CC1.I. The Morgan fingerprint density at radius 2 is 1.93 bits per heavy atom. The molecule has 0 atom stereocenters. The molecule has 1 aromatic carbocycles. The third kappa shape index (κ3) is 6.34. The zero-order chi connectivity index (χ0) is 19.9. The van der Waals surface area contributed by atoms with Gasteiger partial charge in [-0.1, -0.05) is 0 Å². The maximum atomic E-state index is 11.4. The summed E-state index contributed by atoms with van der Waals surface area (Å²) in [6.07, 6.45) is 3.78. The predicted octanol–water partition coefficient (Wildman–Crippen LogP) is 2.17. The van der Waals surface area contributed by atoms with E-state index in [1.165, 1.54) is 0 Å². The molecular weight excluding hydrogens is 483 g/mol. The third-order valence-corrected chi connectivity index (χ3v) is 4.92. The molecule has 2 N–H and O–H groups in total. The fourth-order valence-electron chi connectivity index (χ4n) is 3.24. The Hall–Kier alpha value is -2.30. The number of aromatic nitrogens is 2. The van der Waals surface area contributed by atoms with Crippen LogP contribution in [0, 0.1) is 0 Å². The van der Waals surface area contributed by atoms with Crippen molar-refractivity contribution in [3.05, 3.63) is 42.2 Å². The number of likely N-dealkylation sites (tertiary alicyclic amines) is 1. The average molecular weight is 512 g/mol. The Kier molecular flexibility index (Phi) is 8.74. The first kappa shape index (κ1) is 23.0. The first-order valence-corrected chi connectivity index (χ1v) is 9.50. The van der Waals surface area contributed by atoms with E-state index in [4.69, 9.17) is 4.74 Å². The molecular formula is C20H29IN6O2. The number of piperidine rings is 1. The lowest BCUT2D eigenvalue weighted by Crippen LogP contribution is -2.49. The summed E-state index contributed by atoms with van der Waals surface area (Å²) in [7, 11) is 3.41. The third-order valence-electron chi connectivity index (χ3n) is 4.92. The topological polar surface area (TPSA) is 83.8 Å². The highest BCUT2D eigenvalue weighted by molar-refractivity contribution is 14.0. The Balaban J connectivity index is 0.00000300. The normalized spacial score (nSPS) is 14.9. The Labute approximate surface area is 188 Å². The van der Waals surface area contributed by atoms with Crippen LogP contribution in [0.15, 0.2) is 41.5 Å². The van der Waals surface area contributed by atoms with Crippen molar-refractivity contribution in [3.63, 3.8) is 0 Å². The Morgan fingerprint density at radius 1 is 1.24 bits per heavy atom. The lowest BCUT2D eigenvalue weighted by atomic mass is 10.1. The van der Waals surface area contributed by atoms with Crippen LogP contribution in [0.1, 0.15) is 25.5 Å². The van der Waals surface area contributed by atoms with Gasteiger partial charge in [0.1, 0.15) is 5.75 Å². The molecule has 29 heavy (non-hydrogen) atoms. The number of hydrogen-bond acceptors (Lipinski definition) is 4. The number of carbonyl (C=O) groups excluding carboxylic acids is 1. The van der Waals surface area contributed by atoms with Crippen molar-refractivity contribution in [3.8, 4) is 11.4 Å². The molecule has 1 aliphatic rings. The van der Waals surface area contributed by atoms with Crippen LogP contribution in [0.2, 0.25) is 0 Å². The second-order valence-electron chi connectivity index (χ2n) is 6.80. The Morgan fingerprint density at radius 3 is 2.52 bits per heavy atom. The molecule has 1 aromatic heterocycles. The van der Waals surface area contributed by atoms with Crippen molar-refractivity contribution in [1.82, 2.24) is 25.3 Å². The number of carbonyl (C=O) groups is 1. The zero-order valence-electron chi connectivity index (χ0n) is 17.1. The molecule has 0 spiro atoms. The molecule has 158 valence electrons. The van der Waals surface area contributed by atoms with Gasteiger partial charge < -0.3 is 20.3 Å². The minimum absolute atomic E-state index is 0. The minimum Gasteiger partial charge on any atom is -0.497 e. The summed E-state index contributed by atoms with van der Waals surface area (Å²) in [4.78, 5) is 17.6. The molecule has 0 bridgehead atoms. The van der Waals surface area contributed by atoms with E-state index in [-0.39, 0.29) is 29.9 Å². The number of guanidine groups is 1. The number of hydrogen-bond donors (Lipinski definition) is 2. The molecule has 0 unspecified atom stereocenters. The summed E-state index contributed by atoms with van der Waals surface area (Å²) >= 11 is 0. The summed E-state index contributed by atoms with van der Waals surface area (Å²) in [5.74, 6) is 1.72. The van der Waals surface area contributed by atoms with Crippen LogP contribution in [-0.2, 0) is 11.3 Å². The summed E-state index contributed by atoms with van der Waals surface area (Å²) < 4.78 is 7.03. The number of nitrogens with zero attached hydrogens (tertiary/aromatic N) is 4. The van der Waals surface area contributed by atoms with Crippen LogP contribution < -0.4 is 15.4 Å². The van der Waals surface area contributed by atoms with Gasteiger partial charge >= 0.3 is 0 Å². The van der Waals surface area contributed by atoms with Crippen LogP contribution in [-0.4, -0.2) is 59.8 Å². The second kappa shape index (κ2) is 11.0. The van der Waals surface area contributed by atoms with Crippen LogP contribution >= 0.6 is 24.0 Å². The van der Waals surface area contributed by atoms with Crippen LogP contribution in [0.3, 0.4) is 0 Å². The van der Waals surface area contributed by atoms with Gasteiger partial charge in [0.15, 0.2) is 5.96 Å². The van der Waals surface area contributed by atoms with Crippen molar-refractivity contribution >= 4 is 35.8 Å². The fourth-order valence-corrected chi connectivity index (χ4v) is 3.24. The van der Waals surface area contributed by atoms with Gasteiger partial charge in [0.2, 0.25) is 5.91 Å². The molecule has 1 amide bonds. The van der Waals surface area contributed by atoms with E-state index in [1.807, 2.05) is 46.1 Å². The molecule has 1 aliphatic heterocycles. The summed E-state index contributed by atoms with van der Waals surface area (Å²) in [5.41, 5.74) is 1.90. The number of aliphatic imine (C=N–C) groups is 1. The van der Waals surface area contributed by atoms with E-state index in [1.54, 1.807) is 21.1 Å². The van der Waals surface area contributed by atoms with Crippen molar-refractivity contribution in [2.45, 2.75) is 32.4 Å².